The van der Waals surface area contributed by atoms with Crippen LogP contribution >= 0.6 is 60.0 Å². The first-order valence-corrected chi connectivity index (χ1v) is 8.53. The summed E-state index contributed by atoms with van der Waals surface area (Å²) in [5.41, 5.74) is 6.82. The minimum Gasteiger partial charge on any atom is -0.487 e. The summed E-state index contributed by atoms with van der Waals surface area (Å²) >= 11 is 15.2. The van der Waals surface area contributed by atoms with Crippen LogP contribution in [0.25, 0.3) is 0 Å². The van der Waals surface area contributed by atoms with Gasteiger partial charge >= 0.3 is 0 Å². The monoisotopic (exact) mass is 495 g/mol. The molecule has 0 radical (unpaired) electrons. The maximum Gasteiger partial charge on any atom is 0.148 e. The molecule has 0 aliphatic carbocycles. The molecule has 0 bridgehead atoms. The largest absolute Gasteiger partial charge is 0.487 e. The Kier molecular flexibility index (Phi) is 5.76. The van der Waals surface area contributed by atoms with Crippen LogP contribution in [0.3, 0.4) is 0 Å². The molecule has 0 saturated heterocycles. The lowest BCUT2D eigenvalue weighted by Crippen LogP contribution is -2.14. The first-order chi connectivity index (χ1) is 9.88. The molecule has 0 aromatic heterocycles. The minimum atomic E-state index is -0.382. The van der Waals surface area contributed by atoms with Gasteiger partial charge in [0, 0.05) is 10.0 Å². The molecular weight excluding hydrogens is 489 g/mol. The Balaban J connectivity index is 2.27. The fraction of sp³-hybridized carbons (Fsp3) is 0.0714. The van der Waals surface area contributed by atoms with Crippen LogP contribution in [-0.2, 0) is 6.61 Å². The van der Waals surface area contributed by atoms with Crippen molar-refractivity contribution in [1.29, 1.82) is 0 Å². The quantitative estimate of drug-likeness (QED) is 0.580. The number of nitrogens with two attached hydrogens (primary N) is 1. The van der Waals surface area contributed by atoms with Crippen LogP contribution in [0, 0.1) is 5.82 Å². The van der Waals surface area contributed by atoms with Gasteiger partial charge in [-0.15, -0.1) is 0 Å². The summed E-state index contributed by atoms with van der Waals surface area (Å²) in [5.74, 6) is 0.268. The van der Waals surface area contributed by atoms with Gasteiger partial charge in [-0.05, 0) is 61.7 Å². The van der Waals surface area contributed by atoms with E-state index in [0.29, 0.717) is 11.3 Å². The Morgan fingerprint density at radius 2 is 1.76 bits per heavy atom. The Hall–Kier alpha value is -0.500. The molecule has 7 heteroatoms. The zero-order valence-electron chi connectivity index (χ0n) is 10.5. The molecule has 0 aliphatic rings. The van der Waals surface area contributed by atoms with Crippen molar-refractivity contribution >= 4 is 65.0 Å². The summed E-state index contributed by atoms with van der Waals surface area (Å²) in [4.78, 5) is 0.141. The minimum absolute atomic E-state index is 0.141. The molecule has 0 fully saturated rings. The van der Waals surface area contributed by atoms with Gasteiger partial charge in [-0.2, -0.15) is 0 Å². The van der Waals surface area contributed by atoms with Crippen molar-refractivity contribution in [3.8, 4) is 5.75 Å². The molecule has 2 rings (SSSR count). The number of thiocarbonyl (C=S) groups is 1. The normalized spacial score (nSPS) is 10.5. The molecule has 2 nitrogen and oxygen atoms in total. The van der Waals surface area contributed by atoms with E-state index in [4.69, 9.17) is 22.7 Å². The van der Waals surface area contributed by atoms with E-state index in [1.165, 1.54) is 12.1 Å². The second kappa shape index (κ2) is 7.17. The highest BCUT2D eigenvalue weighted by atomic mass is 79.9. The van der Waals surface area contributed by atoms with E-state index in [2.05, 4.69) is 47.8 Å². The van der Waals surface area contributed by atoms with Crippen molar-refractivity contribution in [2.24, 2.45) is 5.73 Å². The van der Waals surface area contributed by atoms with Crippen molar-refractivity contribution < 1.29 is 9.13 Å². The number of hydrogen-bond donors (Lipinski definition) is 1. The van der Waals surface area contributed by atoms with Gasteiger partial charge in [0.1, 0.15) is 23.2 Å². The highest BCUT2D eigenvalue weighted by molar-refractivity contribution is 9.11. The van der Waals surface area contributed by atoms with Crippen LogP contribution in [0.15, 0.2) is 43.7 Å². The van der Waals surface area contributed by atoms with Gasteiger partial charge < -0.3 is 10.5 Å². The second-order valence-corrected chi connectivity index (χ2v) is 7.22. The Morgan fingerprint density at radius 1 is 1.14 bits per heavy atom. The average molecular weight is 498 g/mol. The third kappa shape index (κ3) is 4.25. The van der Waals surface area contributed by atoms with Crippen LogP contribution in [-0.4, -0.2) is 4.99 Å². The zero-order chi connectivity index (χ0) is 15.6. The standard InChI is InChI=1S/C14H9Br3FNOS/c15-8-3-11(16)13(12(17)4-8)20-6-7-1-2-9(18)5-10(7)14(19)21/h1-5H,6H2,(H2,19,21). The van der Waals surface area contributed by atoms with E-state index in [0.717, 1.165) is 19.0 Å². The van der Waals surface area contributed by atoms with Gasteiger partial charge in [0.2, 0.25) is 0 Å². The summed E-state index contributed by atoms with van der Waals surface area (Å²) in [7, 11) is 0. The Bertz CT molecular complexity index is 686. The smallest absolute Gasteiger partial charge is 0.148 e. The van der Waals surface area contributed by atoms with Crippen LogP contribution in [0.2, 0.25) is 0 Å². The van der Waals surface area contributed by atoms with Crippen LogP contribution in [0.4, 0.5) is 4.39 Å². The van der Waals surface area contributed by atoms with Gasteiger partial charge in [-0.25, -0.2) is 4.39 Å². The Labute approximate surface area is 152 Å². The Morgan fingerprint density at radius 3 is 2.33 bits per heavy atom. The molecule has 0 amide bonds. The van der Waals surface area contributed by atoms with Crippen LogP contribution in [0.1, 0.15) is 11.1 Å². The lowest BCUT2D eigenvalue weighted by Gasteiger charge is -2.13. The van der Waals surface area contributed by atoms with E-state index in [-0.39, 0.29) is 17.4 Å². The van der Waals surface area contributed by atoms with E-state index in [1.807, 2.05) is 12.1 Å². The van der Waals surface area contributed by atoms with Crippen molar-refractivity contribution in [1.82, 2.24) is 0 Å². The van der Waals surface area contributed by atoms with Gasteiger partial charge in [-0.3, -0.25) is 0 Å². The fourth-order valence-electron chi connectivity index (χ4n) is 1.72. The van der Waals surface area contributed by atoms with Gasteiger partial charge in [0.25, 0.3) is 0 Å². The maximum atomic E-state index is 13.3. The topological polar surface area (TPSA) is 35.2 Å². The van der Waals surface area contributed by atoms with Crippen LogP contribution in [0.5, 0.6) is 5.75 Å². The molecule has 0 atom stereocenters. The SMILES string of the molecule is NC(=S)c1cc(F)ccc1COc1c(Br)cc(Br)cc1Br. The summed E-state index contributed by atoms with van der Waals surface area (Å²) < 4.78 is 21.6. The molecule has 0 unspecified atom stereocenters. The molecule has 21 heavy (non-hydrogen) atoms. The predicted molar refractivity (Wildman–Crippen MR) is 96.2 cm³/mol. The highest BCUT2D eigenvalue weighted by Gasteiger charge is 2.11. The fourth-order valence-corrected chi connectivity index (χ4v) is 4.40. The van der Waals surface area contributed by atoms with Crippen molar-refractivity contribution in [3.63, 3.8) is 0 Å². The lowest BCUT2D eigenvalue weighted by atomic mass is 10.1. The van der Waals surface area contributed by atoms with Crippen LogP contribution < -0.4 is 10.5 Å². The zero-order valence-corrected chi connectivity index (χ0v) is 16.1. The van der Waals surface area contributed by atoms with E-state index < -0.39 is 0 Å². The number of hydrogen-bond acceptors (Lipinski definition) is 2. The molecule has 110 valence electrons. The third-order valence-electron chi connectivity index (χ3n) is 2.67. The van der Waals surface area contributed by atoms with Gasteiger partial charge in [-0.1, -0.05) is 34.2 Å². The first-order valence-electron chi connectivity index (χ1n) is 5.74. The third-order valence-corrected chi connectivity index (χ3v) is 4.53. The van der Waals surface area contributed by atoms with E-state index >= 15 is 0 Å². The second-order valence-electron chi connectivity index (χ2n) is 4.15. The number of benzene rings is 2. The molecule has 0 saturated carbocycles. The molecule has 0 spiro atoms. The van der Waals surface area contributed by atoms with Gasteiger partial charge in [0.05, 0.1) is 8.95 Å². The first kappa shape index (κ1) is 16.9. The van der Waals surface area contributed by atoms with Crippen molar-refractivity contribution in [2.75, 3.05) is 0 Å². The van der Waals surface area contributed by atoms with Crippen molar-refractivity contribution in [2.45, 2.75) is 6.61 Å². The molecule has 0 aliphatic heterocycles. The van der Waals surface area contributed by atoms with E-state index in [1.54, 1.807) is 6.07 Å². The molecule has 2 aromatic carbocycles. The average Bonchev–Trinajstić information content (AvgIpc) is 2.38. The van der Waals surface area contributed by atoms with Crippen molar-refractivity contribution in [3.05, 3.63) is 60.7 Å². The lowest BCUT2D eigenvalue weighted by molar-refractivity contribution is 0.302. The number of halogens is 4. The maximum absolute atomic E-state index is 13.3. The van der Waals surface area contributed by atoms with E-state index in [9.17, 15) is 4.39 Å². The highest BCUT2D eigenvalue weighted by Crippen LogP contribution is 2.37. The molecule has 2 aromatic rings. The summed E-state index contributed by atoms with van der Waals surface area (Å²) in [6, 6.07) is 8.03. The predicted octanol–water partition coefficient (Wildman–Crippen LogP) is 5.33. The number of ether oxygens (including phenoxy) is 1. The van der Waals surface area contributed by atoms with Gasteiger partial charge in [0.15, 0.2) is 0 Å². The number of rotatable bonds is 4. The summed E-state index contributed by atoms with van der Waals surface area (Å²) in [6.45, 7) is 0.228. The molecular formula is C14H9Br3FNOS. The summed E-state index contributed by atoms with van der Waals surface area (Å²) in [5, 5.41) is 0. The molecule has 2 N–H and O–H groups in total. The summed E-state index contributed by atoms with van der Waals surface area (Å²) in [6.07, 6.45) is 0. The molecule has 0 heterocycles.